The van der Waals surface area contributed by atoms with Gasteiger partial charge < -0.3 is 38.9 Å². The van der Waals surface area contributed by atoms with Crippen LogP contribution in [0.2, 0.25) is 0 Å². The number of rotatable bonds is 7. The predicted octanol–water partition coefficient (Wildman–Crippen LogP) is 1.47. The summed E-state index contributed by atoms with van der Waals surface area (Å²) in [4.78, 5) is 44.5. The molecule has 4 atom stereocenters. The molecule has 15 heteroatoms. The number of hydrogen-bond acceptors (Lipinski definition) is 14. The minimum atomic E-state index is -1.72. The van der Waals surface area contributed by atoms with Gasteiger partial charge in [0.2, 0.25) is 0 Å². The van der Waals surface area contributed by atoms with Crippen molar-refractivity contribution in [3.8, 4) is 0 Å². The highest BCUT2D eigenvalue weighted by Gasteiger charge is 2.61. The molecule has 36 heavy (non-hydrogen) atoms. The number of ether oxygens (including phenoxy) is 7. The topological polar surface area (TPSA) is 184 Å². The van der Waals surface area contributed by atoms with Crippen molar-refractivity contribution in [2.75, 3.05) is 33.6 Å². The SMILES string of the molecule is CN=C[C@@]1(c2ccc3c(N)ncnn23)O[C@H](COC(=O)OC(C)C)[C@@H](OC(=O)OC)[C@H]1OC(=O)OC. The molecule has 1 fully saturated rings. The third-order valence-electron chi connectivity index (χ3n) is 5.12. The number of hydrogen-bond donors (Lipinski definition) is 1. The monoisotopic (exact) mass is 509 g/mol. The number of aromatic nitrogens is 3. The minimum Gasteiger partial charge on any atom is -0.438 e. The van der Waals surface area contributed by atoms with Crippen molar-refractivity contribution in [1.82, 2.24) is 14.6 Å². The summed E-state index contributed by atoms with van der Waals surface area (Å²) in [5.74, 6) is 0.168. The van der Waals surface area contributed by atoms with Crippen LogP contribution < -0.4 is 5.73 Å². The van der Waals surface area contributed by atoms with E-state index in [1.165, 1.54) is 24.1 Å². The Morgan fingerprint density at radius 2 is 1.89 bits per heavy atom. The van der Waals surface area contributed by atoms with Crippen molar-refractivity contribution >= 4 is 36.0 Å². The van der Waals surface area contributed by atoms with E-state index in [9.17, 15) is 14.4 Å². The van der Waals surface area contributed by atoms with Gasteiger partial charge in [0, 0.05) is 13.3 Å². The standard InChI is InChI=1S/C21H27N5O10/c1-11(2)33-20(29)32-8-13-15(34-18(27)30-4)16(35-19(28)31-5)21(36-13,9-23-3)14-7-6-12-17(22)24-10-25-26(12)14/h6-7,9-11,13,15-16H,8H2,1-5H3,(H2,22,24,25)/t13-,15-,16-,21+/m1/s1. The van der Waals surface area contributed by atoms with Crippen LogP contribution in [0, 0.1) is 0 Å². The maximum atomic E-state index is 12.3. The first-order valence-electron chi connectivity index (χ1n) is 10.7. The summed E-state index contributed by atoms with van der Waals surface area (Å²) in [6.45, 7) is 2.84. The van der Waals surface area contributed by atoms with Crippen molar-refractivity contribution in [1.29, 1.82) is 0 Å². The van der Waals surface area contributed by atoms with Crippen LogP contribution in [0.1, 0.15) is 19.5 Å². The molecule has 1 aliphatic heterocycles. The maximum Gasteiger partial charge on any atom is 0.508 e. The molecule has 0 saturated carbocycles. The fourth-order valence-electron chi connectivity index (χ4n) is 3.75. The van der Waals surface area contributed by atoms with Crippen LogP contribution in [0.25, 0.3) is 5.52 Å². The van der Waals surface area contributed by atoms with E-state index in [1.807, 2.05) is 0 Å². The van der Waals surface area contributed by atoms with Gasteiger partial charge in [0.1, 0.15) is 24.6 Å². The molecule has 3 heterocycles. The van der Waals surface area contributed by atoms with Crippen molar-refractivity contribution in [2.45, 2.75) is 43.9 Å². The number of carbonyl (C=O) groups is 3. The molecule has 15 nitrogen and oxygen atoms in total. The minimum absolute atomic E-state index is 0.168. The third kappa shape index (κ3) is 5.25. The Bertz CT molecular complexity index is 1140. The molecule has 0 amide bonds. The Labute approximate surface area is 205 Å². The summed E-state index contributed by atoms with van der Waals surface area (Å²) >= 11 is 0. The molecule has 0 unspecified atom stereocenters. The van der Waals surface area contributed by atoms with Gasteiger partial charge in [0.05, 0.1) is 26.0 Å². The van der Waals surface area contributed by atoms with Gasteiger partial charge in [0.15, 0.2) is 23.6 Å². The number of anilines is 1. The quantitative estimate of drug-likeness (QED) is 0.322. The van der Waals surface area contributed by atoms with Crippen molar-refractivity contribution in [3.05, 3.63) is 24.2 Å². The molecule has 0 aromatic carbocycles. The smallest absolute Gasteiger partial charge is 0.438 e. The summed E-state index contributed by atoms with van der Waals surface area (Å²) in [6, 6.07) is 3.22. The van der Waals surface area contributed by atoms with E-state index < -0.39 is 55.1 Å². The maximum absolute atomic E-state index is 12.3. The molecule has 3 rings (SSSR count). The zero-order valence-corrected chi connectivity index (χ0v) is 20.3. The number of fused-ring (bicyclic) bond motifs is 1. The van der Waals surface area contributed by atoms with Gasteiger partial charge in [0.25, 0.3) is 0 Å². The van der Waals surface area contributed by atoms with Crippen LogP contribution in [0.15, 0.2) is 23.5 Å². The van der Waals surface area contributed by atoms with Gasteiger partial charge in [-0.15, -0.1) is 0 Å². The summed E-state index contributed by atoms with van der Waals surface area (Å²) in [6.07, 6.45) is -5.02. The third-order valence-corrected chi connectivity index (χ3v) is 5.12. The van der Waals surface area contributed by atoms with Crippen LogP contribution in [0.4, 0.5) is 20.2 Å². The Morgan fingerprint density at radius 1 is 1.19 bits per heavy atom. The molecule has 0 spiro atoms. The normalized spacial score (nSPS) is 23.6. The molecule has 2 aromatic rings. The summed E-state index contributed by atoms with van der Waals surface area (Å²) < 4.78 is 38.1. The van der Waals surface area contributed by atoms with E-state index in [2.05, 4.69) is 24.5 Å². The summed E-state index contributed by atoms with van der Waals surface area (Å²) in [5.41, 5.74) is 4.96. The lowest BCUT2D eigenvalue weighted by atomic mass is 9.91. The van der Waals surface area contributed by atoms with E-state index in [4.69, 9.17) is 29.4 Å². The fourth-order valence-corrected chi connectivity index (χ4v) is 3.75. The van der Waals surface area contributed by atoms with E-state index in [0.29, 0.717) is 5.52 Å². The fraction of sp³-hybridized carbons (Fsp3) is 0.524. The molecule has 0 aliphatic carbocycles. The van der Waals surface area contributed by atoms with Gasteiger partial charge in [-0.2, -0.15) is 5.10 Å². The van der Waals surface area contributed by atoms with E-state index in [0.717, 1.165) is 14.2 Å². The highest BCUT2D eigenvalue weighted by Crippen LogP contribution is 2.43. The second kappa shape index (κ2) is 11.1. The first-order chi connectivity index (χ1) is 17.2. The summed E-state index contributed by atoms with van der Waals surface area (Å²) in [7, 11) is 3.66. The van der Waals surface area contributed by atoms with Crippen molar-refractivity contribution < 1.29 is 47.5 Å². The Morgan fingerprint density at radius 3 is 2.53 bits per heavy atom. The number of nitrogens with zero attached hydrogens (tertiary/aromatic N) is 4. The Hall–Kier alpha value is -4.14. The lowest BCUT2D eigenvalue weighted by Crippen LogP contribution is -2.48. The van der Waals surface area contributed by atoms with Gasteiger partial charge in [-0.1, -0.05) is 0 Å². The molecule has 2 N–H and O–H groups in total. The number of carbonyl (C=O) groups excluding carboxylic acids is 3. The average Bonchev–Trinajstić information content (AvgIpc) is 3.39. The molecule has 196 valence electrons. The number of methoxy groups -OCH3 is 2. The zero-order chi connectivity index (χ0) is 26.5. The highest BCUT2D eigenvalue weighted by molar-refractivity contribution is 5.77. The molecule has 0 radical (unpaired) electrons. The first kappa shape index (κ1) is 26.5. The zero-order valence-electron chi connectivity index (χ0n) is 20.3. The lowest BCUT2D eigenvalue weighted by molar-refractivity contribution is -0.0708. The van der Waals surface area contributed by atoms with Gasteiger partial charge in [-0.25, -0.2) is 23.9 Å². The molecule has 1 aliphatic rings. The van der Waals surface area contributed by atoms with Crippen LogP contribution in [-0.4, -0.2) is 91.6 Å². The van der Waals surface area contributed by atoms with Crippen molar-refractivity contribution in [2.24, 2.45) is 4.99 Å². The van der Waals surface area contributed by atoms with Crippen LogP contribution in [0.5, 0.6) is 0 Å². The predicted molar refractivity (Wildman–Crippen MR) is 120 cm³/mol. The van der Waals surface area contributed by atoms with Crippen LogP contribution >= 0.6 is 0 Å². The van der Waals surface area contributed by atoms with E-state index >= 15 is 0 Å². The Kier molecular flexibility index (Phi) is 8.14. The second-order valence-corrected chi connectivity index (χ2v) is 7.75. The number of aliphatic imine (C=N–C) groups is 1. The largest absolute Gasteiger partial charge is 0.508 e. The van der Waals surface area contributed by atoms with Crippen LogP contribution in [-0.2, 0) is 38.8 Å². The first-order valence-corrected chi connectivity index (χ1v) is 10.7. The molecule has 0 bridgehead atoms. The van der Waals surface area contributed by atoms with Crippen molar-refractivity contribution in [3.63, 3.8) is 0 Å². The summed E-state index contributed by atoms with van der Waals surface area (Å²) in [5, 5.41) is 4.22. The highest BCUT2D eigenvalue weighted by atomic mass is 16.8. The van der Waals surface area contributed by atoms with Crippen LogP contribution in [0.3, 0.4) is 0 Å². The van der Waals surface area contributed by atoms with Gasteiger partial charge in [-0.3, -0.25) is 4.99 Å². The number of nitrogen functional groups attached to an aromatic ring is 1. The van der Waals surface area contributed by atoms with E-state index in [-0.39, 0.29) is 11.5 Å². The van der Waals surface area contributed by atoms with Gasteiger partial charge >= 0.3 is 18.5 Å². The molecular weight excluding hydrogens is 482 g/mol. The number of nitrogens with two attached hydrogens (primary N) is 1. The second-order valence-electron chi connectivity index (χ2n) is 7.75. The average molecular weight is 509 g/mol. The van der Waals surface area contributed by atoms with Gasteiger partial charge in [-0.05, 0) is 26.0 Å². The lowest BCUT2D eigenvalue weighted by Gasteiger charge is -2.30. The van der Waals surface area contributed by atoms with E-state index in [1.54, 1.807) is 26.0 Å². The Balaban J connectivity index is 2.13. The molecular formula is C21H27N5O10. The molecule has 2 aromatic heterocycles. The molecule has 1 saturated heterocycles.